The van der Waals surface area contributed by atoms with Gasteiger partial charge in [-0.15, -0.1) is 0 Å². The predicted octanol–water partition coefficient (Wildman–Crippen LogP) is 2.89. The monoisotopic (exact) mass is 271 g/mol. The van der Waals surface area contributed by atoms with E-state index in [2.05, 4.69) is 10.1 Å². The predicted molar refractivity (Wildman–Crippen MR) is 75.0 cm³/mol. The normalized spacial score (nSPS) is 12.5. The average molecular weight is 271 g/mol. The van der Waals surface area contributed by atoms with Gasteiger partial charge in [0.2, 0.25) is 11.7 Å². The molecule has 0 fully saturated rings. The maximum Gasteiger partial charge on any atom is 0.235 e. The summed E-state index contributed by atoms with van der Waals surface area (Å²) in [7, 11) is 0. The Morgan fingerprint density at radius 1 is 1.21 bits per heavy atom. The van der Waals surface area contributed by atoms with E-state index in [1.807, 2.05) is 47.2 Å². The van der Waals surface area contributed by atoms with E-state index in [4.69, 9.17) is 10.3 Å². The fraction of sp³-hybridized carbons (Fsp3) is 0.143. The molecule has 96 valence electrons. The molecule has 0 amide bonds. The molecule has 0 bridgehead atoms. The van der Waals surface area contributed by atoms with Crippen molar-refractivity contribution in [3.05, 3.63) is 58.6 Å². The Bertz CT molecular complexity index is 634. The van der Waals surface area contributed by atoms with Crippen LogP contribution in [0.4, 0.5) is 0 Å². The third-order valence-electron chi connectivity index (χ3n) is 2.96. The molecule has 0 aliphatic carbocycles. The van der Waals surface area contributed by atoms with Crippen LogP contribution in [0.5, 0.6) is 0 Å². The number of benzene rings is 1. The highest BCUT2D eigenvalue weighted by molar-refractivity contribution is 7.08. The lowest BCUT2D eigenvalue weighted by molar-refractivity contribution is 0.367. The molecule has 19 heavy (non-hydrogen) atoms. The summed E-state index contributed by atoms with van der Waals surface area (Å²) in [6.45, 7) is 0.440. The molecule has 0 saturated heterocycles. The van der Waals surface area contributed by atoms with Crippen molar-refractivity contribution in [1.29, 1.82) is 0 Å². The lowest BCUT2D eigenvalue weighted by atomic mass is 9.99. The minimum Gasteiger partial charge on any atom is -0.338 e. The van der Waals surface area contributed by atoms with Gasteiger partial charge in [0.05, 0.1) is 5.92 Å². The summed E-state index contributed by atoms with van der Waals surface area (Å²) < 4.78 is 5.36. The lowest BCUT2D eigenvalue weighted by Crippen LogP contribution is -2.14. The molecule has 3 aromatic rings. The van der Waals surface area contributed by atoms with Crippen LogP contribution in [0.25, 0.3) is 11.4 Å². The summed E-state index contributed by atoms with van der Waals surface area (Å²) >= 11 is 1.61. The van der Waals surface area contributed by atoms with Gasteiger partial charge >= 0.3 is 0 Å². The maximum absolute atomic E-state index is 5.84. The van der Waals surface area contributed by atoms with E-state index < -0.39 is 0 Å². The van der Waals surface area contributed by atoms with Gasteiger partial charge in [-0.1, -0.05) is 35.5 Å². The highest BCUT2D eigenvalue weighted by atomic mass is 32.1. The second kappa shape index (κ2) is 5.34. The SMILES string of the molecule is NCC(c1ccccc1)c1nc(-c2ccsc2)no1. The van der Waals surface area contributed by atoms with E-state index >= 15 is 0 Å². The molecule has 5 heteroatoms. The van der Waals surface area contributed by atoms with E-state index in [1.54, 1.807) is 11.3 Å². The smallest absolute Gasteiger partial charge is 0.235 e. The molecule has 0 radical (unpaired) electrons. The average Bonchev–Trinajstić information content (AvgIpc) is 3.11. The number of nitrogens with zero attached hydrogens (tertiary/aromatic N) is 2. The van der Waals surface area contributed by atoms with E-state index in [1.165, 1.54) is 0 Å². The Balaban J connectivity index is 1.93. The van der Waals surface area contributed by atoms with Gasteiger partial charge in [-0.25, -0.2) is 0 Å². The van der Waals surface area contributed by atoms with E-state index in [-0.39, 0.29) is 5.92 Å². The number of hydrogen-bond acceptors (Lipinski definition) is 5. The summed E-state index contributed by atoms with van der Waals surface area (Å²) in [6, 6.07) is 11.9. The Hall–Kier alpha value is -1.98. The van der Waals surface area contributed by atoms with Gasteiger partial charge in [-0.3, -0.25) is 0 Å². The molecule has 0 spiro atoms. The summed E-state index contributed by atoms with van der Waals surface area (Å²) in [5.74, 6) is 1.13. The third kappa shape index (κ3) is 2.43. The minimum atomic E-state index is -0.0546. The van der Waals surface area contributed by atoms with Gasteiger partial charge in [0.25, 0.3) is 0 Å². The van der Waals surface area contributed by atoms with E-state index in [0.29, 0.717) is 18.3 Å². The number of rotatable bonds is 4. The summed E-state index contributed by atoms with van der Waals surface area (Å²) in [5, 5.41) is 8.00. The molecular weight excluding hydrogens is 258 g/mol. The Labute approximate surface area is 114 Å². The van der Waals surface area contributed by atoms with Crippen molar-refractivity contribution in [2.75, 3.05) is 6.54 Å². The zero-order valence-corrected chi connectivity index (χ0v) is 11.0. The van der Waals surface area contributed by atoms with Crippen LogP contribution in [-0.4, -0.2) is 16.7 Å². The maximum atomic E-state index is 5.84. The first kappa shape index (κ1) is 12.1. The molecular formula is C14H13N3OS. The Morgan fingerprint density at radius 3 is 2.74 bits per heavy atom. The quantitative estimate of drug-likeness (QED) is 0.792. The fourth-order valence-corrected chi connectivity index (χ4v) is 2.58. The largest absolute Gasteiger partial charge is 0.338 e. The van der Waals surface area contributed by atoms with Crippen LogP contribution in [-0.2, 0) is 0 Å². The molecule has 0 aliphatic heterocycles. The van der Waals surface area contributed by atoms with Crippen molar-refractivity contribution in [3.8, 4) is 11.4 Å². The van der Waals surface area contributed by atoms with Crippen molar-refractivity contribution in [2.45, 2.75) is 5.92 Å². The second-order valence-corrected chi connectivity index (χ2v) is 4.95. The van der Waals surface area contributed by atoms with Crippen molar-refractivity contribution in [2.24, 2.45) is 5.73 Å². The molecule has 1 atom stereocenters. The van der Waals surface area contributed by atoms with Crippen LogP contribution < -0.4 is 5.73 Å². The number of nitrogens with two attached hydrogens (primary N) is 1. The van der Waals surface area contributed by atoms with E-state index in [9.17, 15) is 0 Å². The van der Waals surface area contributed by atoms with Crippen LogP contribution in [0.3, 0.4) is 0 Å². The van der Waals surface area contributed by atoms with Crippen LogP contribution >= 0.6 is 11.3 Å². The second-order valence-electron chi connectivity index (χ2n) is 4.17. The number of aromatic nitrogens is 2. The lowest BCUT2D eigenvalue weighted by Gasteiger charge is -2.09. The zero-order chi connectivity index (χ0) is 13.1. The molecule has 4 nitrogen and oxygen atoms in total. The van der Waals surface area contributed by atoms with Gasteiger partial charge in [-0.05, 0) is 17.0 Å². The summed E-state index contributed by atoms with van der Waals surface area (Å²) in [4.78, 5) is 4.45. The molecule has 2 aromatic heterocycles. The first-order valence-corrected chi connectivity index (χ1v) is 6.94. The topological polar surface area (TPSA) is 64.9 Å². The van der Waals surface area contributed by atoms with Crippen LogP contribution in [0, 0.1) is 0 Å². The molecule has 2 heterocycles. The van der Waals surface area contributed by atoms with Crippen molar-refractivity contribution >= 4 is 11.3 Å². The van der Waals surface area contributed by atoms with Crippen LogP contribution in [0.2, 0.25) is 0 Å². The van der Waals surface area contributed by atoms with E-state index in [0.717, 1.165) is 11.1 Å². The van der Waals surface area contributed by atoms with Crippen LogP contribution in [0.1, 0.15) is 17.4 Å². The molecule has 0 aliphatic rings. The molecule has 3 rings (SSSR count). The number of hydrogen-bond donors (Lipinski definition) is 1. The number of thiophene rings is 1. The highest BCUT2D eigenvalue weighted by Gasteiger charge is 2.20. The van der Waals surface area contributed by atoms with Gasteiger partial charge in [0.1, 0.15) is 0 Å². The van der Waals surface area contributed by atoms with Crippen molar-refractivity contribution < 1.29 is 4.52 Å². The van der Waals surface area contributed by atoms with Crippen molar-refractivity contribution in [1.82, 2.24) is 10.1 Å². The zero-order valence-electron chi connectivity index (χ0n) is 10.2. The third-order valence-corrected chi connectivity index (χ3v) is 3.64. The highest BCUT2D eigenvalue weighted by Crippen LogP contribution is 2.25. The summed E-state index contributed by atoms with van der Waals surface area (Å²) in [6.07, 6.45) is 0. The standard InChI is InChI=1S/C14H13N3OS/c15-8-12(10-4-2-1-3-5-10)14-16-13(17-18-14)11-6-7-19-9-11/h1-7,9,12H,8,15H2. The van der Waals surface area contributed by atoms with Crippen LogP contribution in [0.15, 0.2) is 51.7 Å². The first-order chi connectivity index (χ1) is 9.38. The van der Waals surface area contributed by atoms with Gasteiger partial charge in [0.15, 0.2) is 0 Å². The van der Waals surface area contributed by atoms with Gasteiger partial charge < -0.3 is 10.3 Å². The fourth-order valence-electron chi connectivity index (χ4n) is 1.95. The summed E-state index contributed by atoms with van der Waals surface area (Å²) in [5.41, 5.74) is 7.90. The molecule has 1 aromatic carbocycles. The minimum absolute atomic E-state index is 0.0546. The molecule has 2 N–H and O–H groups in total. The Morgan fingerprint density at radius 2 is 2.05 bits per heavy atom. The van der Waals surface area contributed by atoms with Crippen molar-refractivity contribution in [3.63, 3.8) is 0 Å². The van der Waals surface area contributed by atoms with Gasteiger partial charge in [0, 0.05) is 17.5 Å². The first-order valence-electron chi connectivity index (χ1n) is 5.99. The Kier molecular flexibility index (Phi) is 3.39. The molecule has 1 unspecified atom stereocenters. The van der Waals surface area contributed by atoms with Gasteiger partial charge in [-0.2, -0.15) is 16.3 Å². The molecule has 0 saturated carbocycles.